The van der Waals surface area contributed by atoms with Crippen LogP contribution >= 0.6 is 0 Å². The predicted octanol–water partition coefficient (Wildman–Crippen LogP) is 3.32. The molecule has 20 heavy (non-hydrogen) atoms. The van der Waals surface area contributed by atoms with Crippen molar-refractivity contribution in [2.45, 2.75) is 20.4 Å². The van der Waals surface area contributed by atoms with E-state index >= 15 is 0 Å². The molecule has 2 aromatic carbocycles. The number of carbonyl (C=O) groups excluding carboxylic acids is 1. The van der Waals surface area contributed by atoms with Gasteiger partial charge in [0.15, 0.2) is 0 Å². The van der Waals surface area contributed by atoms with Crippen molar-refractivity contribution in [2.75, 3.05) is 6.61 Å². The number of nitrogens with one attached hydrogen (secondary N) is 1. The number of ether oxygens (including phenoxy) is 1. The van der Waals surface area contributed by atoms with Gasteiger partial charge in [-0.1, -0.05) is 36.4 Å². The molecule has 2 rings (SSSR count). The minimum Gasteiger partial charge on any atom is -0.493 e. The first-order chi connectivity index (χ1) is 9.72. The fourth-order valence-corrected chi connectivity index (χ4v) is 2.01. The van der Waals surface area contributed by atoms with E-state index in [0.29, 0.717) is 24.5 Å². The Hall–Kier alpha value is -2.29. The highest BCUT2D eigenvalue weighted by molar-refractivity contribution is 5.96. The molecule has 0 fully saturated rings. The van der Waals surface area contributed by atoms with Crippen LogP contribution in [-0.2, 0) is 6.54 Å². The SMILES string of the molecule is CCOc1ccccc1C(=O)NCc1ccccc1C. The Morgan fingerprint density at radius 3 is 2.55 bits per heavy atom. The Morgan fingerprint density at radius 2 is 1.80 bits per heavy atom. The second kappa shape index (κ2) is 6.75. The fourth-order valence-electron chi connectivity index (χ4n) is 2.01. The van der Waals surface area contributed by atoms with E-state index in [1.807, 2.05) is 56.3 Å². The second-order valence-corrected chi connectivity index (χ2v) is 4.54. The van der Waals surface area contributed by atoms with Crippen LogP contribution < -0.4 is 10.1 Å². The third-order valence-corrected chi connectivity index (χ3v) is 3.13. The van der Waals surface area contributed by atoms with Gasteiger partial charge in [0.05, 0.1) is 12.2 Å². The van der Waals surface area contributed by atoms with Crippen LogP contribution in [0.25, 0.3) is 0 Å². The molecule has 0 aromatic heterocycles. The summed E-state index contributed by atoms with van der Waals surface area (Å²) in [4.78, 5) is 12.2. The Labute approximate surface area is 119 Å². The largest absolute Gasteiger partial charge is 0.493 e. The van der Waals surface area contributed by atoms with Crippen molar-refractivity contribution >= 4 is 5.91 Å². The summed E-state index contributed by atoms with van der Waals surface area (Å²) in [5.41, 5.74) is 2.86. The van der Waals surface area contributed by atoms with E-state index in [1.165, 1.54) is 5.56 Å². The van der Waals surface area contributed by atoms with Crippen LogP contribution in [0.5, 0.6) is 5.75 Å². The topological polar surface area (TPSA) is 38.3 Å². The molecule has 104 valence electrons. The summed E-state index contributed by atoms with van der Waals surface area (Å²) in [6, 6.07) is 15.3. The lowest BCUT2D eigenvalue weighted by Gasteiger charge is -2.11. The zero-order valence-electron chi connectivity index (χ0n) is 11.8. The van der Waals surface area contributed by atoms with E-state index in [2.05, 4.69) is 5.32 Å². The lowest BCUT2D eigenvalue weighted by atomic mass is 10.1. The normalized spacial score (nSPS) is 10.1. The molecule has 0 spiro atoms. The summed E-state index contributed by atoms with van der Waals surface area (Å²) in [6.07, 6.45) is 0. The van der Waals surface area contributed by atoms with Crippen molar-refractivity contribution in [3.63, 3.8) is 0 Å². The molecule has 1 N–H and O–H groups in total. The highest BCUT2D eigenvalue weighted by atomic mass is 16.5. The minimum atomic E-state index is -0.114. The molecular weight excluding hydrogens is 250 g/mol. The lowest BCUT2D eigenvalue weighted by molar-refractivity contribution is 0.0947. The Bertz CT molecular complexity index is 593. The van der Waals surface area contributed by atoms with Gasteiger partial charge in [0, 0.05) is 6.54 Å². The summed E-state index contributed by atoms with van der Waals surface area (Å²) < 4.78 is 5.47. The molecule has 1 amide bonds. The van der Waals surface area contributed by atoms with Crippen LogP contribution in [0.15, 0.2) is 48.5 Å². The van der Waals surface area contributed by atoms with Crippen LogP contribution in [0.3, 0.4) is 0 Å². The Kier molecular flexibility index (Phi) is 4.77. The molecule has 0 heterocycles. The molecule has 0 aliphatic heterocycles. The van der Waals surface area contributed by atoms with Crippen molar-refractivity contribution in [3.05, 3.63) is 65.2 Å². The maximum atomic E-state index is 12.2. The first kappa shape index (κ1) is 14.1. The number of benzene rings is 2. The van der Waals surface area contributed by atoms with Crippen molar-refractivity contribution in [2.24, 2.45) is 0 Å². The molecule has 0 saturated carbocycles. The lowest BCUT2D eigenvalue weighted by Crippen LogP contribution is -2.23. The van der Waals surface area contributed by atoms with Gasteiger partial charge in [-0.05, 0) is 37.1 Å². The number of hydrogen-bond acceptors (Lipinski definition) is 2. The average molecular weight is 269 g/mol. The second-order valence-electron chi connectivity index (χ2n) is 4.54. The molecule has 0 atom stereocenters. The Morgan fingerprint density at radius 1 is 1.10 bits per heavy atom. The molecule has 0 aliphatic carbocycles. The summed E-state index contributed by atoms with van der Waals surface area (Å²) in [5, 5.41) is 2.94. The first-order valence-electron chi connectivity index (χ1n) is 6.77. The molecule has 0 unspecified atom stereocenters. The standard InChI is InChI=1S/C17H19NO2/c1-3-20-16-11-7-6-10-15(16)17(19)18-12-14-9-5-4-8-13(14)2/h4-11H,3,12H2,1-2H3,(H,18,19). The van der Waals surface area contributed by atoms with Gasteiger partial charge in [-0.15, -0.1) is 0 Å². The average Bonchev–Trinajstić information content (AvgIpc) is 2.47. The molecule has 0 saturated heterocycles. The molecule has 0 bridgehead atoms. The summed E-state index contributed by atoms with van der Waals surface area (Å²) in [7, 11) is 0. The van der Waals surface area contributed by atoms with Gasteiger partial charge in [-0.2, -0.15) is 0 Å². The first-order valence-corrected chi connectivity index (χ1v) is 6.77. The molecule has 2 aromatic rings. The van der Waals surface area contributed by atoms with E-state index in [4.69, 9.17) is 4.74 Å². The predicted molar refractivity (Wildman–Crippen MR) is 80.0 cm³/mol. The fraction of sp³-hybridized carbons (Fsp3) is 0.235. The Balaban J connectivity index is 2.07. The van der Waals surface area contributed by atoms with E-state index in [-0.39, 0.29) is 5.91 Å². The van der Waals surface area contributed by atoms with Crippen LogP contribution in [-0.4, -0.2) is 12.5 Å². The van der Waals surface area contributed by atoms with E-state index in [1.54, 1.807) is 6.07 Å². The number of aryl methyl sites for hydroxylation is 1. The molecule has 3 heteroatoms. The number of hydrogen-bond donors (Lipinski definition) is 1. The van der Waals surface area contributed by atoms with E-state index < -0.39 is 0 Å². The summed E-state index contributed by atoms with van der Waals surface area (Å²) >= 11 is 0. The van der Waals surface area contributed by atoms with Crippen LogP contribution in [0, 0.1) is 6.92 Å². The highest BCUT2D eigenvalue weighted by Gasteiger charge is 2.11. The molecule has 3 nitrogen and oxygen atoms in total. The van der Waals surface area contributed by atoms with Gasteiger partial charge in [0.2, 0.25) is 0 Å². The highest BCUT2D eigenvalue weighted by Crippen LogP contribution is 2.18. The van der Waals surface area contributed by atoms with E-state index in [9.17, 15) is 4.79 Å². The number of para-hydroxylation sites is 1. The monoisotopic (exact) mass is 269 g/mol. The van der Waals surface area contributed by atoms with Crippen molar-refractivity contribution in [1.82, 2.24) is 5.32 Å². The third kappa shape index (κ3) is 3.38. The van der Waals surface area contributed by atoms with Crippen molar-refractivity contribution < 1.29 is 9.53 Å². The summed E-state index contributed by atoms with van der Waals surface area (Å²) in [6.45, 7) is 5.01. The van der Waals surface area contributed by atoms with Crippen LogP contribution in [0.4, 0.5) is 0 Å². The molecule has 0 radical (unpaired) electrons. The minimum absolute atomic E-state index is 0.114. The quantitative estimate of drug-likeness (QED) is 0.904. The molecular formula is C17H19NO2. The van der Waals surface area contributed by atoms with E-state index in [0.717, 1.165) is 5.56 Å². The summed E-state index contributed by atoms with van der Waals surface area (Å²) in [5.74, 6) is 0.509. The van der Waals surface area contributed by atoms with Gasteiger partial charge in [0.1, 0.15) is 5.75 Å². The van der Waals surface area contributed by atoms with Gasteiger partial charge < -0.3 is 10.1 Å². The number of carbonyl (C=O) groups is 1. The van der Waals surface area contributed by atoms with Gasteiger partial charge in [-0.25, -0.2) is 0 Å². The van der Waals surface area contributed by atoms with Crippen LogP contribution in [0.2, 0.25) is 0 Å². The van der Waals surface area contributed by atoms with Gasteiger partial charge in [-0.3, -0.25) is 4.79 Å². The van der Waals surface area contributed by atoms with Gasteiger partial charge in [0.25, 0.3) is 5.91 Å². The number of rotatable bonds is 5. The zero-order chi connectivity index (χ0) is 14.4. The maximum absolute atomic E-state index is 12.2. The third-order valence-electron chi connectivity index (χ3n) is 3.13. The van der Waals surface area contributed by atoms with Crippen LogP contribution in [0.1, 0.15) is 28.4 Å². The van der Waals surface area contributed by atoms with Gasteiger partial charge >= 0.3 is 0 Å². The smallest absolute Gasteiger partial charge is 0.255 e. The maximum Gasteiger partial charge on any atom is 0.255 e. The van der Waals surface area contributed by atoms with Crippen molar-refractivity contribution in [3.8, 4) is 5.75 Å². The molecule has 0 aliphatic rings. The van der Waals surface area contributed by atoms with Crippen molar-refractivity contribution in [1.29, 1.82) is 0 Å². The number of amides is 1. The zero-order valence-corrected chi connectivity index (χ0v) is 11.8.